The Balaban J connectivity index is 1.38. The number of benzene rings is 1. The summed E-state index contributed by atoms with van der Waals surface area (Å²) >= 11 is 0. The maximum absolute atomic E-state index is 11.8. The van der Waals surface area contributed by atoms with E-state index in [9.17, 15) is 4.79 Å². The number of hydrogen-bond donors (Lipinski definition) is 2. The minimum atomic E-state index is -0.243. The molecule has 1 aromatic heterocycles. The van der Waals surface area contributed by atoms with E-state index in [1.807, 2.05) is 38.1 Å². The lowest BCUT2D eigenvalue weighted by Gasteiger charge is -2.31. The van der Waals surface area contributed by atoms with Crippen LogP contribution in [0.1, 0.15) is 25.5 Å². The number of anilines is 3. The fourth-order valence-corrected chi connectivity index (χ4v) is 3.42. The molecule has 0 atom stereocenters. The standard InChI is InChI=1S/C20H25N5O4/c1-3-27-20(26)25-8-6-14(7-9-25)23-19-21-13(2)10-18(24-19)22-15-4-5-16-17(11-15)29-12-28-16/h4-5,10-11,14H,3,6-9,12H2,1-2H3,(H2,21,22,23,24). The maximum Gasteiger partial charge on any atom is 0.409 e. The van der Waals surface area contributed by atoms with Crippen LogP contribution in [0.15, 0.2) is 24.3 Å². The Hall–Kier alpha value is -3.23. The fraction of sp³-hybridized carbons (Fsp3) is 0.450. The molecule has 1 amide bonds. The number of piperidine rings is 1. The van der Waals surface area contributed by atoms with Gasteiger partial charge in [-0.15, -0.1) is 0 Å². The molecule has 9 heteroatoms. The number of rotatable bonds is 5. The van der Waals surface area contributed by atoms with Crippen molar-refractivity contribution in [3.8, 4) is 11.5 Å². The van der Waals surface area contributed by atoms with Crippen LogP contribution < -0.4 is 20.1 Å². The molecule has 2 aromatic rings. The highest BCUT2D eigenvalue weighted by molar-refractivity contribution is 5.67. The molecular weight excluding hydrogens is 374 g/mol. The van der Waals surface area contributed by atoms with Crippen LogP contribution in [-0.2, 0) is 4.74 Å². The number of nitrogens with zero attached hydrogens (tertiary/aromatic N) is 3. The van der Waals surface area contributed by atoms with Crippen LogP contribution >= 0.6 is 0 Å². The predicted octanol–water partition coefficient (Wildman–Crippen LogP) is 3.29. The first-order chi connectivity index (χ1) is 14.1. The molecule has 0 unspecified atom stereocenters. The summed E-state index contributed by atoms with van der Waals surface area (Å²) in [5, 5.41) is 6.69. The molecule has 2 aliphatic rings. The summed E-state index contributed by atoms with van der Waals surface area (Å²) in [5.41, 5.74) is 1.72. The molecule has 1 aromatic carbocycles. The number of amides is 1. The molecule has 29 heavy (non-hydrogen) atoms. The number of likely N-dealkylation sites (tertiary alicyclic amines) is 1. The van der Waals surface area contributed by atoms with Gasteiger partial charge in [0.25, 0.3) is 0 Å². The first-order valence-electron chi connectivity index (χ1n) is 9.81. The molecule has 3 heterocycles. The van der Waals surface area contributed by atoms with E-state index in [4.69, 9.17) is 14.2 Å². The summed E-state index contributed by atoms with van der Waals surface area (Å²) in [5.74, 6) is 2.73. The second-order valence-corrected chi connectivity index (χ2v) is 7.02. The van der Waals surface area contributed by atoms with Crippen LogP contribution in [0.25, 0.3) is 0 Å². The van der Waals surface area contributed by atoms with E-state index < -0.39 is 0 Å². The van der Waals surface area contributed by atoms with Gasteiger partial charge in [0.2, 0.25) is 12.7 Å². The van der Waals surface area contributed by atoms with Gasteiger partial charge in [0.05, 0.1) is 6.61 Å². The van der Waals surface area contributed by atoms with Crippen LogP contribution in [0.3, 0.4) is 0 Å². The Morgan fingerprint density at radius 3 is 2.79 bits per heavy atom. The Kier molecular flexibility index (Phi) is 5.55. The fourth-order valence-electron chi connectivity index (χ4n) is 3.42. The molecule has 1 saturated heterocycles. The lowest BCUT2D eigenvalue weighted by Crippen LogP contribution is -2.42. The van der Waals surface area contributed by atoms with Gasteiger partial charge in [-0.2, -0.15) is 4.98 Å². The number of carbonyl (C=O) groups excluding carboxylic acids is 1. The summed E-state index contributed by atoms with van der Waals surface area (Å²) in [4.78, 5) is 22.7. The maximum atomic E-state index is 11.8. The summed E-state index contributed by atoms with van der Waals surface area (Å²) in [6, 6.07) is 7.77. The summed E-state index contributed by atoms with van der Waals surface area (Å²) < 4.78 is 15.8. The molecule has 0 saturated carbocycles. The third-order valence-corrected chi connectivity index (χ3v) is 4.85. The molecule has 2 N–H and O–H groups in total. The van der Waals surface area contributed by atoms with Gasteiger partial charge in [-0.05, 0) is 38.8 Å². The van der Waals surface area contributed by atoms with Crippen molar-refractivity contribution in [2.24, 2.45) is 0 Å². The number of carbonyl (C=O) groups is 1. The molecule has 154 valence electrons. The summed E-state index contributed by atoms with van der Waals surface area (Å²) in [6.07, 6.45) is 1.40. The summed E-state index contributed by atoms with van der Waals surface area (Å²) in [7, 11) is 0. The third kappa shape index (κ3) is 4.61. The highest BCUT2D eigenvalue weighted by atomic mass is 16.7. The van der Waals surface area contributed by atoms with Crippen molar-refractivity contribution < 1.29 is 19.0 Å². The van der Waals surface area contributed by atoms with Crippen molar-refractivity contribution in [2.45, 2.75) is 32.7 Å². The van der Waals surface area contributed by atoms with Gasteiger partial charge in [0.1, 0.15) is 5.82 Å². The van der Waals surface area contributed by atoms with E-state index in [-0.39, 0.29) is 18.9 Å². The van der Waals surface area contributed by atoms with Crippen LogP contribution in [0.5, 0.6) is 11.5 Å². The molecule has 9 nitrogen and oxygen atoms in total. The van der Waals surface area contributed by atoms with Crippen LogP contribution in [-0.4, -0.2) is 53.5 Å². The molecule has 1 fully saturated rings. The average Bonchev–Trinajstić information content (AvgIpc) is 3.16. The van der Waals surface area contributed by atoms with Crippen LogP contribution in [0, 0.1) is 6.92 Å². The van der Waals surface area contributed by atoms with Gasteiger partial charge in [-0.25, -0.2) is 9.78 Å². The molecule has 0 spiro atoms. The second-order valence-electron chi connectivity index (χ2n) is 7.02. The van der Waals surface area contributed by atoms with Crippen molar-refractivity contribution in [1.29, 1.82) is 0 Å². The highest BCUT2D eigenvalue weighted by Gasteiger charge is 2.24. The molecule has 0 aliphatic carbocycles. The van der Waals surface area contributed by atoms with Crippen molar-refractivity contribution in [2.75, 3.05) is 37.1 Å². The van der Waals surface area contributed by atoms with Gasteiger partial charge in [-0.3, -0.25) is 0 Å². The Morgan fingerprint density at radius 1 is 1.21 bits per heavy atom. The minimum Gasteiger partial charge on any atom is -0.454 e. The first-order valence-corrected chi connectivity index (χ1v) is 9.81. The van der Waals surface area contributed by atoms with E-state index in [1.165, 1.54) is 0 Å². The van der Waals surface area contributed by atoms with Crippen molar-refractivity contribution in [3.05, 3.63) is 30.0 Å². The smallest absolute Gasteiger partial charge is 0.409 e. The van der Waals surface area contributed by atoms with E-state index >= 15 is 0 Å². The molecule has 4 rings (SSSR count). The highest BCUT2D eigenvalue weighted by Crippen LogP contribution is 2.35. The van der Waals surface area contributed by atoms with E-state index in [1.54, 1.807) is 4.90 Å². The Morgan fingerprint density at radius 2 is 2.00 bits per heavy atom. The zero-order valence-corrected chi connectivity index (χ0v) is 16.6. The number of aromatic nitrogens is 2. The number of aryl methyl sites for hydroxylation is 1. The first kappa shape index (κ1) is 19.1. The number of ether oxygens (including phenoxy) is 3. The van der Waals surface area contributed by atoms with E-state index in [0.717, 1.165) is 30.0 Å². The van der Waals surface area contributed by atoms with E-state index in [0.29, 0.717) is 37.2 Å². The normalized spacial score (nSPS) is 15.9. The number of fused-ring (bicyclic) bond motifs is 1. The molecule has 2 aliphatic heterocycles. The third-order valence-electron chi connectivity index (χ3n) is 4.85. The zero-order chi connectivity index (χ0) is 20.2. The Labute approximate surface area is 169 Å². The van der Waals surface area contributed by atoms with Crippen molar-refractivity contribution in [1.82, 2.24) is 14.9 Å². The van der Waals surface area contributed by atoms with Gasteiger partial charge in [0, 0.05) is 42.6 Å². The van der Waals surface area contributed by atoms with E-state index in [2.05, 4.69) is 20.6 Å². The Bertz CT molecular complexity index is 883. The molecule has 0 radical (unpaired) electrons. The topological polar surface area (TPSA) is 97.8 Å². The zero-order valence-electron chi connectivity index (χ0n) is 16.6. The summed E-state index contributed by atoms with van der Waals surface area (Å²) in [6.45, 7) is 5.70. The van der Waals surface area contributed by atoms with Crippen LogP contribution in [0.4, 0.5) is 22.2 Å². The van der Waals surface area contributed by atoms with Gasteiger partial charge in [-0.1, -0.05) is 0 Å². The quantitative estimate of drug-likeness (QED) is 0.790. The van der Waals surface area contributed by atoms with Crippen molar-refractivity contribution >= 4 is 23.5 Å². The average molecular weight is 399 g/mol. The largest absolute Gasteiger partial charge is 0.454 e. The van der Waals surface area contributed by atoms with Gasteiger partial charge in [0.15, 0.2) is 11.5 Å². The monoisotopic (exact) mass is 399 g/mol. The van der Waals surface area contributed by atoms with Crippen LogP contribution in [0.2, 0.25) is 0 Å². The predicted molar refractivity (Wildman–Crippen MR) is 108 cm³/mol. The van der Waals surface area contributed by atoms with Gasteiger partial charge < -0.3 is 29.7 Å². The SMILES string of the molecule is CCOC(=O)N1CCC(Nc2nc(C)cc(Nc3ccc4c(c3)OCO4)n2)CC1. The molecule has 0 bridgehead atoms. The lowest BCUT2D eigenvalue weighted by atomic mass is 10.1. The number of nitrogens with one attached hydrogen (secondary N) is 2. The minimum absolute atomic E-state index is 0.209. The number of hydrogen-bond acceptors (Lipinski definition) is 8. The second kappa shape index (κ2) is 8.42. The lowest BCUT2D eigenvalue weighted by molar-refractivity contribution is 0.0983. The van der Waals surface area contributed by atoms with Gasteiger partial charge >= 0.3 is 6.09 Å². The molecular formula is C20H25N5O4. The van der Waals surface area contributed by atoms with Crippen molar-refractivity contribution in [3.63, 3.8) is 0 Å².